The summed E-state index contributed by atoms with van der Waals surface area (Å²) in [6.07, 6.45) is 1.20. The molecule has 0 aromatic carbocycles. The van der Waals surface area contributed by atoms with Crippen LogP contribution in [-0.2, 0) is 0 Å². The minimum Gasteiger partial charge on any atom is -0.335 e. The molecule has 0 spiro atoms. The van der Waals surface area contributed by atoms with E-state index in [1.165, 1.54) is 6.42 Å². The standard InChI is InChI=1S/C11H20N2O/c1-6-5-11(3,4)9-8(6)7(2)12-10(14)13-9/h6-9H,5H2,1-4H3,(H2,12,13,14). The summed E-state index contributed by atoms with van der Waals surface area (Å²) >= 11 is 0. The molecule has 1 saturated heterocycles. The predicted octanol–water partition coefficient (Wildman–Crippen LogP) is 1.74. The molecule has 1 aliphatic heterocycles. The summed E-state index contributed by atoms with van der Waals surface area (Å²) in [4.78, 5) is 11.4. The van der Waals surface area contributed by atoms with Crippen LogP contribution in [0.3, 0.4) is 0 Å². The molecule has 1 heterocycles. The number of urea groups is 1. The van der Waals surface area contributed by atoms with Crippen molar-refractivity contribution in [2.45, 2.75) is 46.2 Å². The maximum Gasteiger partial charge on any atom is 0.315 e. The van der Waals surface area contributed by atoms with Crippen molar-refractivity contribution >= 4 is 6.03 Å². The van der Waals surface area contributed by atoms with Gasteiger partial charge in [0.1, 0.15) is 0 Å². The fraction of sp³-hybridized carbons (Fsp3) is 0.909. The molecule has 0 bridgehead atoms. The highest BCUT2D eigenvalue weighted by Gasteiger charge is 2.51. The highest BCUT2D eigenvalue weighted by molar-refractivity contribution is 5.76. The second kappa shape index (κ2) is 2.88. The summed E-state index contributed by atoms with van der Waals surface area (Å²) in [5.41, 5.74) is 0.246. The van der Waals surface area contributed by atoms with Gasteiger partial charge in [0.25, 0.3) is 0 Å². The molecule has 2 rings (SSSR count). The lowest BCUT2D eigenvalue weighted by Crippen LogP contribution is -2.61. The molecule has 3 nitrogen and oxygen atoms in total. The van der Waals surface area contributed by atoms with Gasteiger partial charge < -0.3 is 10.6 Å². The van der Waals surface area contributed by atoms with Crippen molar-refractivity contribution in [2.75, 3.05) is 0 Å². The number of rotatable bonds is 0. The van der Waals surface area contributed by atoms with Gasteiger partial charge in [-0.25, -0.2) is 4.79 Å². The average molecular weight is 196 g/mol. The molecular weight excluding hydrogens is 176 g/mol. The molecule has 4 atom stereocenters. The van der Waals surface area contributed by atoms with Gasteiger partial charge in [0.15, 0.2) is 0 Å². The van der Waals surface area contributed by atoms with Crippen LogP contribution in [0.5, 0.6) is 0 Å². The Kier molecular flexibility index (Phi) is 2.02. The first-order chi connectivity index (χ1) is 6.42. The van der Waals surface area contributed by atoms with E-state index >= 15 is 0 Å². The third kappa shape index (κ3) is 1.30. The van der Waals surface area contributed by atoms with E-state index < -0.39 is 0 Å². The third-order valence-corrected chi connectivity index (χ3v) is 3.95. The van der Waals surface area contributed by atoms with Crippen LogP contribution in [-0.4, -0.2) is 18.1 Å². The van der Waals surface area contributed by atoms with Gasteiger partial charge in [-0.1, -0.05) is 20.8 Å². The maximum absolute atomic E-state index is 11.4. The fourth-order valence-corrected chi connectivity index (χ4v) is 3.50. The minimum atomic E-state index is 0.000856. The average Bonchev–Trinajstić information content (AvgIpc) is 2.21. The van der Waals surface area contributed by atoms with Gasteiger partial charge in [-0.15, -0.1) is 0 Å². The highest BCUT2D eigenvalue weighted by Crippen LogP contribution is 2.47. The van der Waals surface area contributed by atoms with Crippen LogP contribution in [0.2, 0.25) is 0 Å². The number of amides is 2. The minimum absolute atomic E-state index is 0.000856. The number of carbonyl (C=O) groups excluding carboxylic acids is 1. The number of fused-ring (bicyclic) bond motifs is 1. The molecule has 2 N–H and O–H groups in total. The first kappa shape index (κ1) is 9.81. The van der Waals surface area contributed by atoms with Crippen molar-refractivity contribution in [3.05, 3.63) is 0 Å². The SMILES string of the molecule is CC1CC(C)(C)C2NC(=O)NC(C)C12. The molecule has 2 fully saturated rings. The van der Waals surface area contributed by atoms with Crippen LogP contribution in [0.1, 0.15) is 34.1 Å². The van der Waals surface area contributed by atoms with E-state index in [9.17, 15) is 4.79 Å². The van der Waals surface area contributed by atoms with Gasteiger partial charge in [0, 0.05) is 18.0 Å². The summed E-state index contributed by atoms with van der Waals surface area (Å²) in [5, 5.41) is 6.05. The highest BCUT2D eigenvalue weighted by atomic mass is 16.2. The van der Waals surface area contributed by atoms with Gasteiger partial charge in [0.05, 0.1) is 0 Å². The van der Waals surface area contributed by atoms with Gasteiger partial charge in [-0.3, -0.25) is 0 Å². The summed E-state index contributed by atoms with van der Waals surface area (Å²) in [6.45, 7) is 8.93. The zero-order chi connectivity index (χ0) is 10.5. The molecule has 3 heteroatoms. The zero-order valence-electron chi connectivity index (χ0n) is 9.42. The number of nitrogens with one attached hydrogen (secondary N) is 2. The quantitative estimate of drug-likeness (QED) is 0.609. The fourth-order valence-electron chi connectivity index (χ4n) is 3.50. The molecular formula is C11H20N2O. The van der Waals surface area contributed by atoms with Gasteiger partial charge in [-0.2, -0.15) is 0 Å². The number of hydrogen-bond donors (Lipinski definition) is 2. The topological polar surface area (TPSA) is 41.1 Å². The third-order valence-electron chi connectivity index (χ3n) is 3.95. The largest absolute Gasteiger partial charge is 0.335 e. The van der Waals surface area contributed by atoms with Crippen LogP contribution in [0.25, 0.3) is 0 Å². The molecule has 0 aromatic rings. The van der Waals surface area contributed by atoms with Crippen LogP contribution in [0.4, 0.5) is 4.79 Å². The molecule has 0 aromatic heterocycles. The van der Waals surface area contributed by atoms with E-state index in [0.717, 1.165) is 0 Å². The molecule has 2 aliphatic rings. The second-order valence-electron chi connectivity index (χ2n) is 5.63. The van der Waals surface area contributed by atoms with Crippen molar-refractivity contribution in [1.29, 1.82) is 0 Å². The summed E-state index contributed by atoms with van der Waals surface area (Å²) in [7, 11) is 0. The maximum atomic E-state index is 11.4. The van der Waals surface area contributed by atoms with Gasteiger partial charge in [0.2, 0.25) is 0 Å². The van der Waals surface area contributed by atoms with Gasteiger partial charge in [-0.05, 0) is 24.7 Å². The van der Waals surface area contributed by atoms with Gasteiger partial charge >= 0.3 is 6.03 Å². The van der Waals surface area contributed by atoms with E-state index in [2.05, 4.69) is 38.3 Å². The predicted molar refractivity (Wildman–Crippen MR) is 56.0 cm³/mol. The number of carbonyl (C=O) groups is 1. The van der Waals surface area contributed by atoms with E-state index in [1.807, 2.05) is 0 Å². The van der Waals surface area contributed by atoms with E-state index in [0.29, 0.717) is 23.9 Å². The molecule has 80 valence electrons. The lowest BCUT2D eigenvalue weighted by molar-refractivity contribution is 0.167. The van der Waals surface area contributed by atoms with Crippen LogP contribution in [0, 0.1) is 17.3 Å². The molecule has 4 unspecified atom stereocenters. The Hall–Kier alpha value is -0.730. The van der Waals surface area contributed by atoms with Crippen LogP contribution in [0.15, 0.2) is 0 Å². The monoisotopic (exact) mass is 196 g/mol. The first-order valence-corrected chi connectivity index (χ1v) is 5.49. The lowest BCUT2D eigenvalue weighted by atomic mass is 9.81. The van der Waals surface area contributed by atoms with E-state index in [1.54, 1.807) is 0 Å². The first-order valence-electron chi connectivity index (χ1n) is 5.49. The van der Waals surface area contributed by atoms with Crippen LogP contribution >= 0.6 is 0 Å². The van der Waals surface area contributed by atoms with Crippen molar-refractivity contribution in [3.63, 3.8) is 0 Å². The normalized spacial score (nSPS) is 45.3. The summed E-state index contributed by atoms with van der Waals surface area (Å²) in [5.74, 6) is 1.28. The van der Waals surface area contributed by atoms with Crippen LogP contribution < -0.4 is 10.6 Å². The zero-order valence-corrected chi connectivity index (χ0v) is 9.42. The summed E-state index contributed by atoms with van der Waals surface area (Å²) < 4.78 is 0. The Labute approximate surface area is 85.6 Å². The number of hydrogen-bond acceptors (Lipinski definition) is 1. The molecule has 14 heavy (non-hydrogen) atoms. The van der Waals surface area contributed by atoms with Crippen molar-refractivity contribution in [3.8, 4) is 0 Å². The molecule has 2 amide bonds. The molecule has 1 saturated carbocycles. The smallest absolute Gasteiger partial charge is 0.315 e. The Bertz CT molecular complexity index is 262. The molecule has 1 aliphatic carbocycles. The Morgan fingerprint density at radius 3 is 2.57 bits per heavy atom. The summed E-state index contributed by atoms with van der Waals surface area (Å²) in [6, 6.07) is 0.660. The second-order valence-corrected chi connectivity index (χ2v) is 5.63. The van der Waals surface area contributed by atoms with Crippen molar-refractivity contribution < 1.29 is 4.79 Å². The Morgan fingerprint density at radius 2 is 1.93 bits per heavy atom. The van der Waals surface area contributed by atoms with Crippen molar-refractivity contribution in [2.24, 2.45) is 17.3 Å². The molecule has 0 radical (unpaired) electrons. The Morgan fingerprint density at radius 1 is 1.29 bits per heavy atom. The Balaban J connectivity index is 2.27. The van der Waals surface area contributed by atoms with Crippen molar-refractivity contribution in [1.82, 2.24) is 10.6 Å². The van der Waals surface area contributed by atoms with E-state index in [4.69, 9.17) is 0 Å². The lowest BCUT2D eigenvalue weighted by Gasteiger charge is -2.39. The van der Waals surface area contributed by atoms with E-state index in [-0.39, 0.29) is 11.4 Å².